The van der Waals surface area contributed by atoms with E-state index in [4.69, 9.17) is 4.42 Å². The molecule has 10 rings (SSSR count). The summed E-state index contributed by atoms with van der Waals surface area (Å²) < 4.78 is 6.68. The van der Waals surface area contributed by atoms with Crippen LogP contribution in [0.15, 0.2) is 217 Å². The highest BCUT2D eigenvalue weighted by molar-refractivity contribution is 6.10. The fourth-order valence-electron chi connectivity index (χ4n) is 7.80. The maximum atomic E-state index is 6.68. The van der Waals surface area contributed by atoms with Crippen LogP contribution in [0.1, 0.15) is 0 Å². The average Bonchev–Trinajstić information content (AvgIpc) is 3.64. The number of para-hydroxylation sites is 2. The molecule has 0 amide bonds. The summed E-state index contributed by atoms with van der Waals surface area (Å²) >= 11 is 0. The van der Waals surface area contributed by atoms with Gasteiger partial charge in [0.1, 0.15) is 5.58 Å². The lowest BCUT2D eigenvalue weighted by atomic mass is 9.93. The normalized spacial score (nSPS) is 11.3. The zero-order chi connectivity index (χ0) is 35.8. The zero-order valence-corrected chi connectivity index (χ0v) is 29.6. The number of hydrogen-bond acceptors (Lipinski definition) is 2. The topological polar surface area (TPSA) is 16.4 Å². The lowest BCUT2D eigenvalue weighted by molar-refractivity contribution is 0.669. The average molecular weight is 690 g/mol. The van der Waals surface area contributed by atoms with Gasteiger partial charge in [-0.15, -0.1) is 0 Å². The smallest absolute Gasteiger partial charge is 0.159 e. The molecule has 254 valence electrons. The van der Waals surface area contributed by atoms with Crippen LogP contribution in [0.2, 0.25) is 0 Å². The van der Waals surface area contributed by atoms with Crippen LogP contribution < -0.4 is 4.90 Å². The molecule has 1 heterocycles. The third-order valence-electron chi connectivity index (χ3n) is 10.4. The highest BCUT2D eigenvalue weighted by Gasteiger charge is 2.21. The van der Waals surface area contributed by atoms with Crippen LogP contribution >= 0.6 is 0 Å². The molecule has 0 saturated carbocycles. The number of hydrogen-bond donors (Lipinski definition) is 0. The molecular weight excluding hydrogens is 655 g/mol. The first-order valence-corrected chi connectivity index (χ1v) is 18.4. The van der Waals surface area contributed by atoms with Crippen LogP contribution in [0.5, 0.6) is 0 Å². The Morgan fingerprint density at radius 3 is 1.69 bits per heavy atom. The largest absolute Gasteiger partial charge is 0.454 e. The van der Waals surface area contributed by atoms with Crippen molar-refractivity contribution in [3.05, 3.63) is 212 Å². The van der Waals surface area contributed by atoms with Crippen molar-refractivity contribution >= 4 is 49.8 Å². The van der Waals surface area contributed by atoms with Crippen molar-refractivity contribution in [1.29, 1.82) is 0 Å². The van der Waals surface area contributed by atoms with E-state index in [1.165, 1.54) is 44.2 Å². The van der Waals surface area contributed by atoms with Gasteiger partial charge in [0.05, 0.1) is 5.69 Å². The molecule has 1 aromatic heterocycles. The van der Waals surface area contributed by atoms with Gasteiger partial charge in [0, 0.05) is 22.1 Å². The molecule has 0 spiro atoms. The van der Waals surface area contributed by atoms with Crippen LogP contribution in [0.3, 0.4) is 0 Å². The van der Waals surface area contributed by atoms with Crippen molar-refractivity contribution in [2.45, 2.75) is 0 Å². The van der Waals surface area contributed by atoms with Gasteiger partial charge >= 0.3 is 0 Å². The van der Waals surface area contributed by atoms with Crippen LogP contribution in [0.4, 0.5) is 17.1 Å². The van der Waals surface area contributed by atoms with Gasteiger partial charge in [0.25, 0.3) is 0 Å². The summed E-state index contributed by atoms with van der Waals surface area (Å²) in [6.07, 6.45) is 0. The summed E-state index contributed by atoms with van der Waals surface area (Å²) in [5, 5.41) is 4.69. The molecule has 2 heteroatoms. The van der Waals surface area contributed by atoms with Crippen molar-refractivity contribution in [3.8, 4) is 44.5 Å². The minimum absolute atomic E-state index is 0.857. The second-order valence-corrected chi connectivity index (χ2v) is 13.7. The van der Waals surface area contributed by atoms with E-state index in [9.17, 15) is 0 Å². The van der Waals surface area contributed by atoms with E-state index in [0.717, 1.165) is 50.1 Å². The molecule has 0 saturated heterocycles. The van der Waals surface area contributed by atoms with Crippen LogP contribution in [0.25, 0.3) is 77.2 Å². The lowest BCUT2D eigenvalue weighted by Crippen LogP contribution is -2.10. The molecule has 0 radical (unpaired) electrons. The van der Waals surface area contributed by atoms with Gasteiger partial charge in [0.2, 0.25) is 0 Å². The minimum atomic E-state index is 0.857. The van der Waals surface area contributed by atoms with Crippen LogP contribution in [-0.4, -0.2) is 0 Å². The van der Waals surface area contributed by atoms with Crippen molar-refractivity contribution in [2.24, 2.45) is 0 Å². The van der Waals surface area contributed by atoms with E-state index in [-0.39, 0.29) is 0 Å². The van der Waals surface area contributed by atoms with Gasteiger partial charge in [0.15, 0.2) is 5.58 Å². The Labute approximate surface area is 314 Å². The van der Waals surface area contributed by atoms with Gasteiger partial charge in [-0.2, -0.15) is 0 Å². The van der Waals surface area contributed by atoms with E-state index in [1.54, 1.807) is 0 Å². The molecule has 10 aromatic rings. The van der Waals surface area contributed by atoms with Crippen LogP contribution in [0, 0.1) is 0 Å². The number of rotatable bonds is 7. The van der Waals surface area contributed by atoms with Gasteiger partial charge < -0.3 is 9.32 Å². The highest BCUT2D eigenvalue weighted by Crippen LogP contribution is 2.45. The predicted octanol–water partition coefficient (Wildman–Crippen LogP) is 14.9. The number of anilines is 3. The summed E-state index contributed by atoms with van der Waals surface area (Å²) in [4.78, 5) is 2.35. The summed E-state index contributed by atoms with van der Waals surface area (Å²) in [6.45, 7) is 0. The van der Waals surface area contributed by atoms with E-state index in [0.29, 0.717) is 0 Å². The van der Waals surface area contributed by atoms with E-state index >= 15 is 0 Å². The Hall–Kier alpha value is -7.16. The van der Waals surface area contributed by atoms with E-state index < -0.39 is 0 Å². The Morgan fingerprint density at radius 2 is 0.889 bits per heavy atom. The van der Waals surface area contributed by atoms with Crippen molar-refractivity contribution in [3.63, 3.8) is 0 Å². The zero-order valence-electron chi connectivity index (χ0n) is 29.6. The summed E-state index contributed by atoms with van der Waals surface area (Å²) in [5.74, 6) is 0. The fraction of sp³-hybridized carbons (Fsp3) is 0. The molecule has 0 atom stereocenters. The monoisotopic (exact) mass is 689 g/mol. The summed E-state index contributed by atoms with van der Waals surface area (Å²) in [5.41, 5.74) is 14.2. The molecule has 54 heavy (non-hydrogen) atoms. The van der Waals surface area contributed by atoms with E-state index in [2.05, 4.69) is 211 Å². The van der Waals surface area contributed by atoms with Gasteiger partial charge in [-0.1, -0.05) is 164 Å². The Balaban J connectivity index is 1.16. The quantitative estimate of drug-likeness (QED) is 0.166. The first-order chi connectivity index (χ1) is 26.8. The number of benzene rings is 9. The number of furan rings is 1. The molecule has 0 aliphatic heterocycles. The number of nitrogens with zero attached hydrogens (tertiary/aromatic N) is 1. The molecule has 0 aliphatic rings. The summed E-state index contributed by atoms with van der Waals surface area (Å²) in [7, 11) is 0. The van der Waals surface area contributed by atoms with Crippen LogP contribution in [-0.2, 0) is 0 Å². The van der Waals surface area contributed by atoms with Crippen molar-refractivity contribution < 1.29 is 4.42 Å². The number of fused-ring (bicyclic) bond motifs is 4. The third-order valence-corrected chi connectivity index (χ3v) is 10.4. The maximum absolute atomic E-state index is 6.68. The molecule has 0 aliphatic carbocycles. The molecule has 0 N–H and O–H groups in total. The Bertz CT molecular complexity index is 2940. The van der Waals surface area contributed by atoms with Gasteiger partial charge in [-0.25, -0.2) is 0 Å². The standard InChI is InChI=1S/C52H35NO/c1-3-15-37(16-4-1)46-31-30-45(35-49(46)38-17-5-2-6-18-38)53(50-26-13-25-48-47-24-9-10-27-51(47)54-52(48)50)44-23-12-22-42(34-44)40-20-11-21-41(33-40)43-29-28-36-14-7-8-19-39(36)32-43/h1-35H. The molecule has 0 unspecified atom stereocenters. The lowest BCUT2D eigenvalue weighted by Gasteiger charge is -2.27. The van der Waals surface area contributed by atoms with Crippen molar-refractivity contribution in [1.82, 2.24) is 0 Å². The second kappa shape index (κ2) is 13.4. The SMILES string of the molecule is c1ccc(-c2ccc(N(c3cccc(-c4cccc(-c5ccc6ccccc6c5)c4)c3)c3cccc4c3oc3ccccc34)cc2-c2ccccc2)cc1. The molecule has 9 aromatic carbocycles. The Kier molecular flexibility index (Phi) is 7.85. The highest BCUT2D eigenvalue weighted by atomic mass is 16.3. The first-order valence-electron chi connectivity index (χ1n) is 18.4. The van der Waals surface area contributed by atoms with E-state index in [1.807, 2.05) is 6.07 Å². The summed E-state index contributed by atoms with van der Waals surface area (Å²) in [6, 6.07) is 75.9. The maximum Gasteiger partial charge on any atom is 0.159 e. The molecular formula is C52H35NO. The third kappa shape index (κ3) is 5.71. The first kappa shape index (κ1) is 31.6. The van der Waals surface area contributed by atoms with Gasteiger partial charge in [-0.05, 0) is 104 Å². The fourth-order valence-corrected chi connectivity index (χ4v) is 7.80. The predicted molar refractivity (Wildman–Crippen MR) is 228 cm³/mol. The molecule has 0 fully saturated rings. The second-order valence-electron chi connectivity index (χ2n) is 13.7. The minimum Gasteiger partial charge on any atom is -0.454 e. The van der Waals surface area contributed by atoms with Gasteiger partial charge in [-0.3, -0.25) is 0 Å². The molecule has 2 nitrogen and oxygen atoms in total. The Morgan fingerprint density at radius 1 is 0.315 bits per heavy atom. The molecule has 0 bridgehead atoms. The van der Waals surface area contributed by atoms with Crippen molar-refractivity contribution in [2.75, 3.05) is 4.90 Å².